The van der Waals surface area contributed by atoms with E-state index in [1.807, 2.05) is 0 Å². The van der Waals surface area contributed by atoms with E-state index in [2.05, 4.69) is 0 Å². The van der Waals surface area contributed by atoms with Gasteiger partial charge < -0.3 is 35.0 Å². The van der Waals surface area contributed by atoms with E-state index in [1.165, 1.54) is 6.92 Å². The second kappa shape index (κ2) is 11.6. The Morgan fingerprint density at radius 2 is 1.56 bits per heavy atom. The van der Waals surface area contributed by atoms with E-state index in [0.717, 1.165) is 0 Å². The molecule has 6 heteroatoms. The molecule has 0 aromatic heterocycles. The molecular formula is C3H6Cl2MgO3. The molecule has 1 unspecified atom stereocenters. The van der Waals surface area contributed by atoms with Gasteiger partial charge in [0.15, 0.2) is 0 Å². The summed E-state index contributed by atoms with van der Waals surface area (Å²) in [6.07, 6.45) is -1.23. The van der Waals surface area contributed by atoms with Crippen molar-refractivity contribution >= 4 is 29.0 Å². The molecule has 0 spiro atoms. The van der Waals surface area contributed by atoms with Crippen LogP contribution in [0.3, 0.4) is 0 Å². The van der Waals surface area contributed by atoms with E-state index in [-0.39, 0.29) is 47.9 Å². The molecule has 2 N–H and O–H groups in total. The summed E-state index contributed by atoms with van der Waals surface area (Å²) < 4.78 is 0. The van der Waals surface area contributed by atoms with Gasteiger partial charge in [-0.1, -0.05) is 0 Å². The van der Waals surface area contributed by atoms with Crippen molar-refractivity contribution in [1.29, 1.82) is 0 Å². The number of carboxylic acid groups (broad SMARTS) is 1. The summed E-state index contributed by atoms with van der Waals surface area (Å²) in [6.45, 7) is 1.20. The summed E-state index contributed by atoms with van der Waals surface area (Å²) in [5.74, 6) is -1.19. The molecule has 0 aliphatic carbocycles. The fourth-order valence-electron chi connectivity index (χ4n) is 0. The molecule has 3 nitrogen and oxygen atoms in total. The number of rotatable bonds is 1. The minimum atomic E-state index is -1.23. The molecule has 0 amide bonds. The SMILES string of the molecule is CC(O)C(=O)O.[Cl-].[Cl-].[Mg+2]. The van der Waals surface area contributed by atoms with Crippen molar-refractivity contribution in [3.63, 3.8) is 0 Å². The van der Waals surface area contributed by atoms with Gasteiger partial charge in [-0.05, 0) is 6.92 Å². The molecule has 0 radical (unpaired) electrons. The Labute approximate surface area is 81.8 Å². The number of carboxylic acids is 1. The van der Waals surface area contributed by atoms with E-state index in [9.17, 15) is 4.79 Å². The predicted octanol–water partition coefficient (Wildman–Crippen LogP) is -6.92. The standard InChI is InChI=1S/C3H6O3.2ClH.Mg/c1-2(4)3(5)6;;;/h2,4H,1H3,(H,5,6);2*1H;/q;;;+2/p-2. The number of aliphatic hydroxyl groups excluding tert-OH is 1. The maximum absolute atomic E-state index is 9.45. The van der Waals surface area contributed by atoms with Gasteiger partial charge in [-0.15, -0.1) is 0 Å². The first kappa shape index (κ1) is 22.6. The van der Waals surface area contributed by atoms with E-state index in [4.69, 9.17) is 10.2 Å². The van der Waals surface area contributed by atoms with Crippen molar-refractivity contribution in [2.24, 2.45) is 0 Å². The molecule has 0 aromatic carbocycles. The molecular weight excluding hydrogens is 179 g/mol. The van der Waals surface area contributed by atoms with Gasteiger partial charge in [0.05, 0.1) is 0 Å². The predicted molar refractivity (Wildman–Crippen MR) is 25.1 cm³/mol. The molecule has 0 aromatic rings. The maximum atomic E-state index is 9.45. The molecule has 9 heavy (non-hydrogen) atoms. The molecule has 0 rings (SSSR count). The van der Waals surface area contributed by atoms with Crippen LogP contribution < -0.4 is 24.8 Å². The van der Waals surface area contributed by atoms with Crippen LogP contribution in [0, 0.1) is 0 Å². The summed E-state index contributed by atoms with van der Waals surface area (Å²) >= 11 is 0. The number of carbonyl (C=O) groups is 1. The number of hydrogen-bond donors (Lipinski definition) is 2. The molecule has 1 atom stereocenters. The van der Waals surface area contributed by atoms with Crippen molar-refractivity contribution in [1.82, 2.24) is 0 Å². The fourth-order valence-corrected chi connectivity index (χ4v) is 0. The van der Waals surface area contributed by atoms with Crippen LogP contribution in [0.1, 0.15) is 6.92 Å². The van der Waals surface area contributed by atoms with Crippen LogP contribution in [0.25, 0.3) is 0 Å². The number of aliphatic carboxylic acids is 1. The average Bonchev–Trinajstić information content (AvgIpc) is 1.36. The van der Waals surface area contributed by atoms with Crippen LogP contribution in [0.4, 0.5) is 0 Å². The van der Waals surface area contributed by atoms with Crippen molar-refractivity contribution < 1.29 is 39.8 Å². The minimum absolute atomic E-state index is 0. The van der Waals surface area contributed by atoms with Crippen LogP contribution in [0.5, 0.6) is 0 Å². The first-order chi connectivity index (χ1) is 2.64. The Morgan fingerprint density at radius 3 is 1.56 bits per heavy atom. The van der Waals surface area contributed by atoms with Crippen LogP contribution >= 0.6 is 0 Å². The summed E-state index contributed by atoms with van der Waals surface area (Å²) in [5, 5.41) is 15.8. The van der Waals surface area contributed by atoms with Gasteiger partial charge in [0.25, 0.3) is 0 Å². The number of halogens is 2. The quantitative estimate of drug-likeness (QED) is 0.399. The number of hydrogen-bond acceptors (Lipinski definition) is 2. The zero-order valence-electron chi connectivity index (χ0n) is 4.84. The minimum Gasteiger partial charge on any atom is -1.00 e. The van der Waals surface area contributed by atoms with Crippen LogP contribution in [-0.4, -0.2) is 45.3 Å². The fraction of sp³-hybridized carbons (Fsp3) is 0.667. The normalized spacial score (nSPS) is 9.11. The second-order valence-corrected chi connectivity index (χ2v) is 1.01. The Morgan fingerprint density at radius 1 is 1.44 bits per heavy atom. The van der Waals surface area contributed by atoms with Crippen LogP contribution in [0.2, 0.25) is 0 Å². The van der Waals surface area contributed by atoms with E-state index in [0.29, 0.717) is 0 Å². The third-order valence-corrected chi connectivity index (χ3v) is 0.357. The Bertz CT molecular complexity index is 68.1. The summed E-state index contributed by atoms with van der Waals surface area (Å²) in [5.41, 5.74) is 0. The molecule has 0 saturated heterocycles. The molecule has 0 heterocycles. The molecule has 0 aliphatic rings. The maximum Gasteiger partial charge on any atom is 2.00 e. The van der Waals surface area contributed by atoms with Crippen molar-refractivity contribution in [2.75, 3.05) is 0 Å². The summed E-state index contributed by atoms with van der Waals surface area (Å²) in [6, 6.07) is 0. The molecule has 0 fully saturated rings. The third-order valence-electron chi connectivity index (χ3n) is 0.357. The molecule has 0 saturated carbocycles. The zero-order valence-corrected chi connectivity index (χ0v) is 7.77. The Balaban J connectivity index is -0.0000000417. The first-order valence-corrected chi connectivity index (χ1v) is 1.55. The second-order valence-electron chi connectivity index (χ2n) is 1.01. The molecule has 0 bridgehead atoms. The monoisotopic (exact) mass is 184 g/mol. The third kappa shape index (κ3) is 17.7. The first-order valence-electron chi connectivity index (χ1n) is 1.55. The van der Waals surface area contributed by atoms with Crippen molar-refractivity contribution in [3.05, 3.63) is 0 Å². The number of aliphatic hydroxyl groups is 1. The van der Waals surface area contributed by atoms with Gasteiger partial charge in [-0.2, -0.15) is 0 Å². The topological polar surface area (TPSA) is 57.5 Å². The summed E-state index contributed by atoms with van der Waals surface area (Å²) in [7, 11) is 0. The molecule has 52 valence electrons. The largest absolute Gasteiger partial charge is 2.00 e. The average molecular weight is 185 g/mol. The zero-order chi connectivity index (χ0) is 5.15. The van der Waals surface area contributed by atoms with E-state index < -0.39 is 12.1 Å². The van der Waals surface area contributed by atoms with Crippen LogP contribution in [-0.2, 0) is 4.79 Å². The van der Waals surface area contributed by atoms with Gasteiger partial charge in [-0.3, -0.25) is 0 Å². The van der Waals surface area contributed by atoms with Gasteiger partial charge in [0.1, 0.15) is 6.10 Å². The Kier molecular flexibility index (Phi) is 29.0. The van der Waals surface area contributed by atoms with Crippen molar-refractivity contribution in [3.8, 4) is 0 Å². The molecule has 0 aliphatic heterocycles. The summed E-state index contributed by atoms with van der Waals surface area (Å²) in [4.78, 5) is 9.45. The van der Waals surface area contributed by atoms with Gasteiger partial charge in [-0.25, -0.2) is 4.79 Å². The van der Waals surface area contributed by atoms with Gasteiger partial charge in [0.2, 0.25) is 0 Å². The Hall–Kier alpha value is 0.776. The smallest absolute Gasteiger partial charge is 1.00 e. The van der Waals surface area contributed by atoms with E-state index >= 15 is 0 Å². The van der Waals surface area contributed by atoms with Crippen molar-refractivity contribution in [2.45, 2.75) is 13.0 Å². The van der Waals surface area contributed by atoms with E-state index in [1.54, 1.807) is 0 Å². The van der Waals surface area contributed by atoms with Gasteiger partial charge in [0, 0.05) is 0 Å². The van der Waals surface area contributed by atoms with Crippen LogP contribution in [0.15, 0.2) is 0 Å². The van der Waals surface area contributed by atoms with Gasteiger partial charge >= 0.3 is 29.0 Å².